The van der Waals surface area contributed by atoms with E-state index in [1.165, 1.54) is 19.3 Å². The molecule has 2 saturated carbocycles. The standard InChI is InChI=1S/C15H26N2O3/c1-16(15(19)14-12-3-2-4-13(12)14)9-11(18)10-17-5-7-20-8-6-17/h11-14,18H,2-10H2,1H3. The Hall–Kier alpha value is -0.650. The highest BCUT2D eigenvalue weighted by Gasteiger charge is 2.57. The summed E-state index contributed by atoms with van der Waals surface area (Å²) in [6.07, 6.45) is 3.29. The van der Waals surface area contributed by atoms with Gasteiger partial charge in [0.25, 0.3) is 0 Å². The third-order valence-corrected chi connectivity index (χ3v) is 5.13. The first-order valence-electron chi connectivity index (χ1n) is 7.90. The van der Waals surface area contributed by atoms with Crippen molar-refractivity contribution in [3.8, 4) is 0 Å². The number of nitrogens with zero attached hydrogens (tertiary/aromatic N) is 2. The summed E-state index contributed by atoms with van der Waals surface area (Å²) in [7, 11) is 1.83. The third-order valence-electron chi connectivity index (χ3n) is 5.13. The predicted octanol–water partition coefficient (Wildman–Crippen LogP) is 0.184. The Morgan fingerprint density at radius 3 is 2.65 bits per heavy atom. The quantitative estimate of drug-likeness (QED) is 0.782. The number of ether oxygens (including phenoxy) is 1. The Morgan fingerprint density at radius 2 is 2.00 bits per heavy atom. The lowest BCUT2D eigenvalue weighted by Crippen LogP contribution is -2.45. The molecule has 3 unspecified atom stereocenters. The first kappa shape index (κ1) is 14.3. The Labute approximate surface area is 120 Å². The normalized spacial score (nSPS) is 34.6. The van der Waals surface area contributed by atoms with E-state index in [9.17, 15) is 9.90 Å². The van der Waals surface area contributed by atoms with Crippen molar-refractivity contribution >= 4 is 5.91 Å². The molecule has 114 valence electrons. The molecule has 0 aromatic heterocycles. The van der Waals surface area contributed by atoms with Crippen LogP contribution >= 0.6 is 0 Å². The van der Waals surface area contributed by atoms with Crippen LogP contribution in [0.5, 0.6) is 0 Å². The van der Waals surface area contributed by atoms with E-state index >= 15 is 0 Å². The molecule has 0 bridgehead atoms. The van der Waals surface area contributed by atoms with Gasteiger partial charge in [-0.1, -0.05) is 6.42 Å². The largest absolute Gasteiger partial charge is 0.390 e. The number of likely N-dealkylation sites (N-methyl/N-ethyl adjacent to an activating group) is 1. The molecule has 1 aliphatic heterocycles. The van der Waals surface area contributed by atoms with Crippen molar-refractivity contribution in [1.82, 2.24) is 9.80 Å². The summed E-state index contributed by atoms with van der Waals surface area (Å²) >= 11 is 0. The maximum atomic E-state index is 12.3. The number of carbonyl (C=O) groups is 1. The van der Waals surface area contributed by atoms with Crippen LogP contribution in [0.1, 0.15) is 19.3 Å². The first-order valence-corrected chi connectivity index (χ1v) is 7.90. The summed E-state index contributed by atoms with van der Waals surface area (Å²) in [6.45, 7) is 4.33. The summed E-state index contributed by atoms with van der Waals surface area (Å²) in [4.78, 5) is 16.3. The highest BCUT2D eigenvalue weighted by Crippen LogP contribution is 2.57. The average molecular weight is 282 g/mol. The fourth-order valence-electron chi connectivity index (χ4n) is 3.99. The average Bonchev–Trinajstić information content (AvgIpc) is 2.90. The molecular formula is C15H26N2O3. The number of aliphatic hydroxyl groups excluding tert-OH is 1. The van der Waals surface area contributed by atoms with Crippen LogP contribution in [0, 0.1) is 17.8 Å². The van der Waals surface area contributed by atoms with Gasteiger partial charge in [0, 0.05) is 39.1 Å². The number of β-amino-alcohol motifs (C(OH)–C–C–N with tert-alkyl or cyclic N) is 1. The number of amides is 1. The minimum Gasteiger partial charge on any atom is -0.390 e. The van der Waals surface area contributed by atoms with Crippen molar-refractivity contribution in [3.05, 3.63) is 0 Å². The van der Waals surface area contributed by atoms with E-state index < -0.39 is 6.10 Å². The summed E-state index contributed by atoms with van der Waals surface area (Å²) in [6, 6.07) is 0. The molecule has 2 aliphatic carbocycles. The minimum atomic E-state index is -0.458. The molecule has 3 rings (SSSR count). The number of fused-ring (bicyclic) bond motifs is 1. The SMILES string of the molecule is CN(CC(O)CN1CCOCC1)C(=O)C1C2CCCC21. The Kier molecular flexibility index (Phi) is 4.29. The number of carbonyl (C=O) groups excluding carboxylic acids is 1. The van der Waals surface area contributed by atoms with Gasteiger partial charge in [0.2, 0.25) is 5.91 Å². The molecule has 5 nitrogen and oxygen atoms in total. The molecule has 0 spiro atoms. The lowest BCUT2D eigenvalue weighted by Gasteiger charge is -2.30. The van der Waals surface area contributed by atoms with Crippen molar-refractivity contribution in [3.63, 3.8) is 0 Å². The van der Waals surface area contributed by atoms with Gasteiger partial charge in [-0.15, -0.1) is 0 Å². The predicted molar refractivity (Wildman–Crippen MR) is 75.2 cm³/mol. The van der Waals surface area contributed by atoms with Crippen LogP contribution in [0.3, 0.4) is 0 Å². The zero-order chi connectivity index (χ0) is 14.1. The van der Waals surface area contributed by atoms with Crippen molar-refractivity contribution in [2.45, 2.75) is 25.4 Å². The molecular weight excluding hydrogens is 256 g/mol. The molecule has 5 heteroatoms. The van der Waals surface area contributed by atoms with Crippen LogP contribution in [0.2, 0.25) is 0 Å². The van der Waals surface area contributed by atoms with E-state index in [1.807, 2.05) is 7.05 Å². The van der Waals surface area contributed by atoms with Crippen LogP contribution in [0.25, 0.3) is 0 Å². The van der Waals surface area contributed by atoms with Gasteiger partial charge in [-0.25, -0.2) is 0 Å². The fourth-order valence-corrected chi connectivity index (χ4v) is 3.99. The maximum Gasteiger partial charge on any atom is 0.226 e. The van der Waals surface area contributed by atoms with E-state index in [1.54, 1.807) is 4.90 Å². The van der Waals surface area contributed by atoms with Crippen LogP contribution in [-0.4, -0.2) is 73.4 Å². The summed E-state index contributed by atoms with van der Waals surface area (Å²) < 4.78 is 5.29. The summed E-state index contributed by atoms with van der Waals surface area (Å²) in [5.41, 5.74) is 0. The zero-order valence-electron chi connectivity index (χ0n) is 12.3. The molecule has 0 aromatic carbocycles. The minimum absolute atomic E-state index is 0.251. The molecule has 3 fully saturated rings. The van der Waals surface area contributed by atoms with Crippen molar-refractivity contribution in [2.24, 2.45) is 17.8 Å². The molecule has 1 amide bonds. The zero-order valence-corrected chi connectivity index (χ0v) is 12.3. The lowest BCUT2D eigenvalue weighted by atomic mass is 10.1. The number of hydrogen-bond donors (Lipinski definition) is 1. The second-order valence-corrected chi connectivity index (χ2v) is 6.57. The van der Waals surface area contributed by atoms with Gasteiger partial charge < -0.3 is 14.7 Å². The van der Waals surface area contributed by atoms with E-state index in [0.29, 0.717) is 24.9 Å². The van der Waals surface area contributed by atoms with E-state index in [2.05, 4.69) is 4.90 Å². The Morgan fingerprint density at radius 1 is 1.35 bits per heavy atom. The lowest BCUT2D eigenvalue weighted by molar-refractivity contribution is -0.133. The molecule has 1 heterocycles. The molecule has 3 atom stereocenters. The second kappa shape index (κ2) is 6.00. The summed E-state index contributed by atoms with van der Waals surface area (Å²) in [5, 5.41) is 10.1. The topological polar surface area (TPSA) is 53.0 Å². The monoisotopic (exact) mass is 282 g/mol. The van der Waals surface area contributed by atoms with E-state index in [0.717, 1.165) is 26.3 Å². The molecule has 0 radical (unpaired) electrons. The van der Waals surface area contributed by atoms with Gasteiger partial charge in [0.1, 0.15) is 0 Å². The first-order chi connectivity index (χ1) is 9.66. The Balaban J connectivity index is 1.41. The molecule has 20 heavy (non-hydrogen) atoms. The molecule has 1 N–H and O–H groups in total. The Bertz CT molecular complexity index is 347. The smallest absolute Gasteiger partial charge is 0.226 e. The van der Waals surface area contributed by atoms with Gasteiger partial charge in [-0.3, -0.25) is 9.69 Å². The highest BCUT2D eigenvalue weighted by atomic mass is 16.5. The highest BCUT2D eigenvalue weighted by molar-refractivity contribution is 5.82. The van der Waals surface area contributed by atoms with Gasteiger partial charge in [-0.2, -0.15) is 0 Å². The molecule has 0 aromatic rings. The van der Waals surface area contributed by atoms with Crippen molar-refractivity contribution in [2.75, 3.05) is 46.4 Å². The van der Waals surface area contributed by atoms with Crippen LogP contribution in [-0.2, 0) is 9.53 Å². The number of aliphatic hydroxyl groups is 1. The van der Waals surface area contributed by atoms with Gasteiger partial charge in [0.05, 0.1) is 19.3 Å². The number of rotatable bonds is 5. The summed E-state index contributed by atoms with van der Waals surface area (Å²) in [5.74, 6) is 1.83. The van der Waals surface area contributed by atoms with Crippen LogP contribution in [0.4, 0.5) is 0 Å². The van der Waals surface area contributed by atoms with Crippen LogP contribution < -0.4 is 0 Å². The molecule has 3 aliphatic rings. The molecule has 1 saturated heterocycles. The van der Waals surface area contributed by atoms with Crippen LogP contribution in [0.15, 0.2) is 0 Å². The van der Waals surface area contributed by atoms with Gasteiger partial charge in [-0.05, 0) is 24.7 Å². The van der Waals surface area contributed by atoms with Crippen molar-refractivity contribution < 1.29 is 14.6 Å². The van der Waals surface area contributed by atoms with E-state index in [4.69, 9.17) is 4.74 Å². The number of morpholine rings is 1. The van der Waals surface area contributed by atoms with Crippen molar-refractivity contribution in [1.29, 1.82) is 0 Å². The van der Waals surface area contributed by atoms with E-state index in [-0.39, 0.29) is 11.8 Å². The third kappa shape index (κ3) is 3.00. The second-order valence-electron chi connectivity index (χ2n) is 6.57. The van der Waals surface area contributed by atoms with Gasteiger partial charge >= 0.3 is 0 Å². The fraction of sp³-hybridized carbons (Fsp3) is 0.933. The van der Waals surface area contributed by atoms with Gasteiger partial charge in [0.15, 0.2) is 0 Å². The number of hydrogen-bond acceptors (Lipinski definition) is 4. The maximum absolute atomic E-state index is 12.3.